The lowest BCUT2D eigenvalue weighted by Crippen LogP contribution is -2.32. The molecule has 7 heteroatoms. The van der Waals surface area contributed by atoms with Gasteiger partial charge in [0.15, 0.2) is 6.29 Å². The van der Waals surface area contributed by atoms with Gasteiger partial charge in [-0.25, -0.2) is 0 Å². The Bertz CT molecular complexity index is 126. The summed E-state index contributed by atoms with van der Waals surface area (Å²) in [6.07, 6.45) is -2.34. The van der Waals surface area contributed by atoms with Crippen LogP contribution in [0.5, 0.6) is 0 Å². The van der Waals surface area contributed by atoms with E-state index in [9.17, 15) is 0 Å². The molecule has 2 atom stereocenters. The van der Waals surface area contributed by atoms with Crippen molar-refractivity contribution in [1.29, 1.82) is 0 Å². The van der Waals surface area contributed by atoms with Crippen molar-refractivity contribution >= 4 is 37.9 Å². The van der Waals surface area contributed by atoms with Gasteiger partial charge in [0.2, 0.25) is 0 Å². The van der Waals surface area contributed by atoms with E-state index in [1.54, 1.807) is 0 Å². The second-order valence-electron chi connectivity index (χ2n) is 2.21. The molecule has 12 heavy (non-hydrogen) atoms. The third-order valence-electron chi connectivity index (χ3n) is 0.989. The number of aliphatic hydroxyl groups is 3. The summed E-state index contributed by atoms with van der Waals surface area (Å²) < 4.78 is 3.39. The van der Waals surface area contributed by atoms with E-state index in [0.29, 0.717) is 0 Å². The number of hydrogen-bond acceptors (Lipinski definition) is 7. The highest BCUT2D eigenvalue weighted by Gasteiger charge is 2.26. The molecule has 0 rings (SSSR count). The Morgan fingerprint density at radius 2 is 1.75 bits per heavy atom. The summed E-state index contributed by atoms with van der Waals surface area (Å²) in [5, 5.41) is 26.3. The molecule has 2 unspecified atom stereocenters. The molecule has 3 N–H and O–H groups in total. The molecule has 0 bridgehead atoms. The standard InChI is InChI=1S/C5H12O4S3/c6-1-3(7)2-9-4(8)5(10,11)12/h3-4,6-8,10-12H,1-2H2. The van der Waals surface area contributed by atoms with Crippen molar-refractivity contribution in [3.05, 3.63) is 0 Å². The van der Waals surface area contributed by atoms with Crippen molar-refractivity contribution in [3.63, 3.8) is 0 Å². The number of thiol groups is 3. The van der Waals surface area contributed by atoms with E-state index in [0.717, 1.165) is 0 Å². The first-order chi connectivity index (χ1) is 5.38. The maximum absolute atomic E-state index is 9.09. The molecule has 74 valence electrons. The second kappa shape index (κ2) is 5.58. The van der Waals surface area contributed by atoms with Crippen LogP contribution in [0.3, 0.4) is 0 Å². The highest BCUT2D eigenvalue weighted by molar-refractivity contribution is 8.17. The summed E-state index contributed by atoms with van der Waals surface area (Å²) in [7, 11) is 0. The highest BCUT2D eigenvalue weighted by atomic mass is 32.2. The zero-order valence-corrected chi connectivity index (χ0v) is 8.84. The fourth-order valence-electron chi connectivity index (χ4n) is 0.367. The molecule has 0 radical (unpaired) electrons. The predicted molar refractivity (Wildman–Crippen MR) is 54.7 cm³/mol. The van der Waals surface area contributed by atoms with E-state index >= 15 is 0 Å². The summed E-state index contributed by atoms with van der Waals surface area (Å²) in [5.74, 6) is 0. The van der Waals surface area contributed by atoms with Gasteiger partial charge in [0.05, 0.1) is 13.2 Å². The molecule has 0 aliphatic carbocycles. The van der Waals surface area contributed by atoms with Crippen LogP contribution in [-0.4, -0.2) is 44.3 Å². The lowest BCUT2D eigenvalue weighted by atomic mass is 10.4. The van der Waals surface area contributed by atoms with Crippen molar-refractivity contribution in [2.75, 3.05) is 13.2 Å². The maximum Gasteiger partial charge on any atom is 0.187 e. The van der Waals surface area contributed by atoms with Gasteiger partial charge in [-0.1, -0.05) is 0 Å². The van der Waals surface area contributed by atoms with Gasteiger partial charge in [0.25, 0.3) is 0 Å². The van der Waals surface area contributed by atoms with Crippen LogP contribution < -0.4 is 0 Å². The predicted octanol–water partition coefficient (Wildman–Crippen LogP) is -0.882. The number of aliphatic hydroxyl groups excluding tert-OH is 3. The third kappa shape index (κ3) is 5.52. The average molecular weight is 232 g/mol. The SMILES string of the molecule is OCC(O)COC(O)C(S)(S)S. The first-order valence-electron chi connectivity index (χ1n) is 3.13. The van der Waals surface area contributed by atoms with E-state index in [-0.39, 0.29) is 6.61 Å². The molecule has 0 spiro atoms. The van der Waals surface area contributed by atoms with Gasteiger partial charge < -0.3 is 20.1 Å². The van der Waals surface area contributed by atoms with E-state index < -0.39 is 22.4 Å². The summed E-state index contributed by atoms with van der Waals surface area (Å²) in [6.45, 7) is -0.619. The minimum absolute atomic E-state index is 0.193. The Balaban J connectivity index is 3.64. The van der Waals surface area contributed by atoms with Gasteiger partial charge >= 0.3 is 0 Å². The normalized spacial score (nSPS) is 17.5. The van der Waals surface area contributed by atoms with E-state index in [4.69, 9.17) is 15.3 Å². The molecular formula is C5H12O4S3. The fraction of sp³-hybridized carbons (Fsp3) is 1.00. The van der Waals surface area contributed by atoms with Gasteiger partial charge in [0, 0.05) is 0 Å². The van der Waals surface area contributed by atoms with E-state index in [2.05, 4.69) is 42.6 Å². The Kier molecular flexibility index (Phi) is 6.00. The molecular weight excluding hydrogens is 220 g/mol. The van der Waals surface area contributed by atoms with Crippen LogP contribution in [0.4, 0.5) is 0 Å². The molecule has 0 aromatic rings. The van der Waals surface area contributed by atoms with Gasteiger partial charge in [0.1, 0.15) is 9.52 Å². The molecule has 0 saturated carbocycles. The number of hydrogen-bond donors (Lipinski definition) is 6. The highest BCUT2D eigenvalue weighted by Crippen LogP contribution is 2.28. The first kappa shape index (κ1) is 12.9. The smallest absolute Gasteiger partial charge is 0.187 e. The van der Waals surface area contributed by atoms with E-state index in [1.807, 2.05) is 0 Å². The monoisotopic (exact) mass is 232 g/mol. The molecule has 0 aliphatic heterocycles. The fourth-order valence-corrected chi connectivity index (χ4v) is 0.590. The molecule has 0 aromatic carbocycles. The maximum atomic E-state index is 9.09. The lowest BCUT2D eigenvalue weighted by Gasteiger charge is -2.23. The zero-order chi connectivity index (χ0) is 9.78. The number of rotatable bonds is 5. The van der Waals surface area contributed by atoms with Crippen molar-refractivity contribution in [3.8, 4) is 0 Å². The van der Waals surface area contributed by atoms with Crippen LogP contribution in [0.25, 0.3) is 0 Å². The molecule has 0 heterocycles. The van der Waals surface area contributed by atoms with Gasteiger partial charge in [-0.05, 0) is 0 Å². The largest absolute Gasteiger partial charge is 0.394 e. The van der Waals surface area contributed by atoms with Crippen molar-refractivity contribution in [2.45, 2.75) is 15.8 Å². The van der Waals surface area contributed by atoms with Crippen LogP contribution in [-0.2, 0) is 4.74 Å². The zero-order valence-electron chi connectivity index (χ0n) is 6.16. The third-order valence-corrected chi connectivity index (χ3v) is 1.65. The molecule has 0 saturated heterocycles. The van der Waals surface area contributed by atoms with Crippen LogP contribution in [0, 0.1) is 0 Å². The van der Waals surface area contributed by atoms with Crippen LogP contribution >= 0.6 is 37.9 Å². The second-order valence-corrected chi connectivity index (χ2v) is 5.38. The minimum Gasteiger partial charge on any atom is -0.394 e. The van der Waals surface area contributed by atoms with Crippen LogP contribution in [0.2, 0.25) is 0 Å². The Labute approximate surface area is 87.2 Å². The quantitative estimate of drug-likeness (QED) is 0.275. The average Bonchev–Trinajstić information content (AvgIpc) is 1.97. The van der Waals surface area contributed by atoms with Gasteiger partial charge in [-0.15, -0.1) is 37.9 Å². The molecule has 0 aliphatic rings. The van der Waals surface area contributed by atoms with Crippen LogP contribution in [0.15, 0.2) is 0 Å². The Morgan fingerprint density at radius 1 is 1.25 bits per heavy atom. The van der Waals surface area contributed by atoms with Crippen molar-refractivity contribution < 1.29 is 20.1 Å². The summed E-state index contributed by atoms with van der Waals surface area (Å²) in [5.41, 5.74) is 0. The summed E-state index contributed by atoms with van der Waals surface area (Å²) >= 11 is 11.4. The van der Waals surface area contributed by atoms with Crippen LogP contribution in [0.1, 0.15) is 0 Å². The minimum atomic E-state index is -1.33. The first-order valence-corrected chi connectivity index (χ1v) is 4.47. The van der Waals surface area contributed by atoms with Crippen molar-refractivity contribution in [2.24, 2.45) is 0 Å². The molecule has 0 aromatic heterocycles. The Morgan fingerprint density at radius 3 is 2.08 bits per heavy atom. The van der Waals surface area contributed by atoms with E-state index in [1.165, 1.54) is 0 Å². The lowest BCUT2D eigenvalue weighted by molar-refractivity contribution is -0.119. The Hall–Kier alpha value is 0.890. The topological polar surface area (TPSA) is 69.9 Å². The summed E-state index contributed by atoms with van der Waals surface area (Å²) in [4.78, 5) is 0. The summed E-state index contributed by atoms with van der Waals surface area (Å²) in [6, 6.07) is 0. The molecule has 0 amide bonds. The van der Waals surface area contributed by atoms with Gasteiger partial charge in [-0.2, -0.15) is 0 Å². The number of ether oxygens (including phenoxy) is 1. The van der Waals surface area contributed by atoms with Crippen molar-refractivity contribution in [1.82, 2.24) is 0 Å². The molecule has 0 fully saturated rings. The van der Waals surface area contributed by atoms with Gasteiger partial charge in [-0.3, -0.25) is 0 Å². The molecule has 4 nitrogen and oxygen atoms in total.